The summed E-state index contributed by atoms with van der Waals surface area (Å²) in [6, 6.07) is 7.34. The Hall–Kier alpha value is -1.40. The minimum Gasteiger partial charge on any atom is -0.335 e. The number of nitrogens with zero attached hydrogens (tertiary/aromatic N) is 1. The molecule has 0 spiro atoms. The van der Waals surface area contributed by atoms with E-state index in [0.717, 1.165) is 35.7 Å². The van der Waals surface area contributed by atoms with Crippen LogP contribution in [0.25, 0.3) is 0 Å². The second-order valence-corrected chi connectivity index (χ2v) is 7.33. The number of carbonyl (C=O) groups is 2. The van der Waals surface area contributed by atoms with Gasteiger partial charge in [-0.1, -0.05) is 53.4 Å². The third kappa shape index (κ3) is 5.60. The van der Waals surface area contributed by atoms with E-state index in [9.17, 15) is 9.59 Å². The Morgan fingerprint density at radius 3 is 2.58 bits per heavy atom. The number of nitrogens with one attached hydrogen (secondary N) is 2. The monoisotopic (exact) mass is 395 g/mol. The van der Waals surface area contributed by atoms with E-state index >= 15 is 0 Å². The van der Waals surface area contributed by atoms with Gasteiger partial charge in [0.25, 0.3) is 0 Å². The van der Waals surface area contributed by atoms with Crippen LogP contribution < -0.4 is 10.6 Å². The maximum absolute atomic E-state index is 12.3. The maximum Gasteiger partial charge on any atom is 0.321 e. The second kappa shape index (κ2) is 9.18. The summed E-state index contributed by atoms with van der Waals surface area (Å²) >= 11 is 3.52. The molecule has 0 saturated heterocycles. The normalized spacial score (nSPS) is 16.7. The Kier molecular flexibility index (Phi) is 7.24. The molecule has 1 fully saturated rings. The van der Waals surface area contributed by atoms with Crippen molar-refractivity contribution in [3.05, 3.63) is 34.3 Å². The molecule has 0 bridgehead atoms. The van der Waals surface area contributed by atoms with Crippen LogP contribution in [0.1, 0.15) is 44.6 Å². The molecule has 1 atom stereocenters. The molecule has 2 N–H and O–H groups in total. The molecule has 5 nitrogen and oxygen atoms in total. The average molecular weight is 396 g/mol. The molecule has 1 aromatic rings. The maximum atomic E-state index is 12.3. The van der Waals surface area contributed by atoms with Crippen LogP contribution in [-0.4, -0.2) is 36.0 Å². The van der Waals surface area contributed by atoms with Gasteiger partial charge in [0.05, 0.1) is 6.04 Å². The molecule has 1 aliphatic carbocycles. The van der Waals surface area contributed by atoms with E-state index in [-0.39, 0.29) is 18.0 Å². The van der Waals surface area contributed by atoms with Crippen molar-refractivity contribution in [3.8, 4) is 0 Å². The predicted octanol–water partition coefficient (Wildman–Crippen LogP) is 3.43. The summed E-state index contributed by atoms with van der Waals surface area (Å²) in [5, 5.41) is 5.37. The number of amides is 3. The fourth-order valence-electron chi connectivity index (χ4n) is 2.92. The first-order chi connectivity index (χ1) is 11.5. The smallest absolute Gasteiger partial charge is 0.321 e. The van der Waals surface area contributed by atoms with E-state index in [1.54, 1.807) is 6.92 Å². The van der Waals surface area contributed by atoms with Gasteiger partial charge in [-0.3, -0.25) is 15.0 Å². The lowest BCUT2D eigenvalue weighted by atomic mass is 9.96. The molecular formula is C18H26BrN3O2. The fraction of sp³-hybridized carbons (Fsp3) is 0.556. The van der Waals surface area contributed by atoms with Crippen LogP contribution in [0.5, 0.6) is 0 Å². The predicted molar refractivity (Wildman–Crippen MR) is 98.6 cm³/mol. The first-order valence-corrected chi connectivity index (χ1v) is 9.31. The summed E-state index contributed by atoms with van der Waals surface area (Å²) in [5.74, 6) is -0.280. The van der Waals surface area contributed by atoms with Crippen LogP contribution in [0.2, 0.25) is 0 Å². The van der Waals surface area contributed by atoms with Crippen molar-refractivity contribution in [2.24, 2.45) is 0 Å². The summed E-state index contributed by atoms with van der Waals surface area (Å²) in [6.07, 6.45) is 5.52. The van der Waals surface area contributed by atoms with Crippen molar-refractivity contribution < 1.29 is 9.59 Å². The first kappa shape index (κ1) is 18.9. The Bertz CT molecular complexity index is 573. The van der Waals surface area contributed by atoms with Crippen molar-refractivity contribution in [1.82, 2.24) is 15.5 Å². The van der Waals surface area contributed by atoms with E-state index in [0.29, 0.717) is 6.54 Å². The number of benzene rings is 1. The van der Waals surface area contributed by atoms with Gasteiger partial charge in [-0.25, -0.2) is 4.79 Å². The van der Waals surface area contributed by atoms with E-state index in [2.05, 4.69) is 26.6 Å². The minimum atomic E-state index is -0.394. The number of hydrogen-bond donors (Lipinski definition) is 2. The van der Waals surface area contributed by atoms with E-state index in [1.165, 1.54) is 6.42 Å². The van der Waals surface area contributed by atoms with Gasteiger partial charge in [-0.05, 0) is 38.4 Å². The zero-order valence-corrected chi connectivity index (χ0v) is 15.9. The SMILES string of the molecule is CC(C(=O)NC(=O)NC1CCCCC1)N(C)Cc1ccccc1Br. The molecule has 24 heavy (non-hydrogen) atoms. The lowest BCUT2D eigenvalue weighted by molar-refractivity contribution is -0.124. The van der Waals surface area contributed by atoms with E-state index in [4.69, 9.17) is 0 Å². The molecule has 1 aromatic carbocycles. The van der Waals surface area contributed by atoms with Crippen LogP contribution in [0.4, 0.5) is 4.79 Å². The summed E-state index contributed by atoms with van der Waals surface area (Å²) in [5.41, 5.74) is 1.10. The number of imide groups is 1. The van der Waals surface area contributed by atoms with Crippen molar-refractivity contribution in [3.63, 3.8) is 0 Å². The Labute approximate surface area is 152 Å². The van der Waals surface area contributed by atoms with Crippen molar-refractivity contribution in [1.29, 1.82) is 0 Å². The summed E-state index contributed by atoms with van der Waals surface area (Å²) in [6.45, 7) is 2.43. The third-order valence-electron chi connectivity index (χ3n) is 4.60. The van der Waals surface area contributed by atoms with Crippen LogP contribution >= 0.6 is 15.9 Å². The first-order valence-electron chi connectivity index (χ1n) is 8.52. The highest BCUT2D eigenvalue weighted by molar-refractivity contribution is 9.10. The molecule has 6 heteroatoms. The Morgan fingerprint density at radius 1 is 1.25 bits per heavy atom. The van der Waals surface area contributed by atoms with E-state index in [1.807, 2.05) is 36.2 Å². The minimum absolute atomic E-state index is 0.194. The highest BCUT2D eigenvalue weighted by Crippen LogP contribution is 2.18. The van der Waals surface area contributed by atoms with E-state index < -0.39 is 6.04 Å². The van der Waals surface area contributed by atoms with Gasteiger partial charge in [0.15, 0.2) is 0 Å². The zero-order valence-electron chi connectivity index (χ0n) is 14.3. The van der Waals surface area contributed by atoms with Crippen LogP contribution in [-0.2, 0) is 11.3 Å². The second-order valence-electron chi connectivity index (χ2n) is 6.48. The lowest BCUT2D eigenvalue weighted by Crippen LogP contribution is -2.50. The zero-order chi connectivity index (χ0) is 17.5. The average Bonchev–Trinajstić information content (AvgIpc) is 2.57. The molecular weight excluding hydrogens is 370 g/mol. The van der Waals surface area contributed by atoms with Gasteiger partial charge < -0.3 is 5.32 Å². The molecule has 2 rings (SSSR count). The number of likely N-dealkylation sites (N-methyl/N-ethyl adjacent to an activating group) is 1. The molecule has 0 radical (unpaired) electrons. The van der Waals surface area contributed by atoms with Crippen LogP contribution in [0.3, 0.4) is 0 Å². The van der Waals surface area contributed by atoms with Gasteiger partial charge >= 0.3 is 6.03 Å². The number of urea groups is 1. The van der Waals surface area contributed by atoms with Crippen molar-refractivity contribution >= 4 is 27.9 Å². The van der Waals surface area contributed by atoms with Crippen molar-refractivity contribution in [2.45, 2.75) is 57.7 Å². The highest BCUT2D eigenvalue weighted by Gasteiger charge is 2.22. The quantitative estimate of drug-likeness (QED) is 0.802. The Morgan fingerprint density at radius 2 is 1.92 bits per heavy atom. The molecule has 3 amide bonds. The van der Waals surface area contributed by atoms with Gasteiger partial charge in [0.1, 0.15) is 0 Å². The van der Waals surface area contributed by atoms with Gasteiger partial charge in [0, 0.05) is 17.1 Å². The summed E-state index contributed by atoms with van der Waals surface area (Å²) < 4.78 is 1.01. The van der Waals surface area contributed by atoms with Crippen LogP contribution in [0.15, 0.2) is 28.7 Å². The molecule has 0 heterocycles. The summed E-state index contributed by atoms with van der Waals surface area (Å²) in [4.78, 5) is 26.2. The molecule has 1 aliphatic rings. The third-order valence-corrected chi connectivity index (χ3v) is 5.37. The number of rotatable bonds is 5. The molecule has 1 unspecified atom stereocenters. The number of halogens is 1. The Balaban J connectivity index is 1.82. The number of carbonyl (C=O) groups excluding carboxylic acids is 2. The molecule has 0 aromatic heterocycles. The fourth-order valence-corrected chi connectivity index (χ4v) is 3.33. The lowest BCUT2D eigenvalue weighted by Gasteiger charge is -2.26. The highest BCUT2D eigenvalue weighted by atomic mass is 79.9. The summed E-state index contributed by atoms with van der Waals surface area (Å²) in [7, 11) is 1.88. The largest absolute Gasteiger partial charge is 0.335 e. The standard InChI is InChI=1S/C18H26BrN3O2/c1-13(22(2)12-14-8-6-7-11-16(14)19)17(23)21-18(24)20-15-9-4-3-5-10-15/h6-8,11,13,15H,3-5,9-10,12H2,1-2H3,(H2,20,21,23,24). The number of hydrogen-bond acceptors (Lipinski definition) is 3. The van der Waals surface area contributed by atoms with Gasteiger partial charge in [-0.2, -0.15) is 0 Å². The van der Waals surface area contributed by atoms with Crippen LogP contribution in [0, 0.1) is 0 Å². The molecule has 0 aliphatic heterocycles. The topological polar surface area (TPSA) is 61.4 Å². The van der Waals surface area contributed by atoms with Gasteiger partial charge in [-0.15, -0.1) is 0 Å². The van der Waals surface area contributed by atoms with Crippen molar-refractivity contribution in [2.75, 3.05) is 7.05 Å². The molecule has 132 valence electrons. The van der Waals surface area contributed by atoms with Gasteiger partial charge in [0.2, 0.25) is 5.91 Å². The molecule has 1 saturated carbocycles.